The predicted molar refractivity (Wildman–Crippen MR) is 88.1 cm³/mol. The molecular weight excluding hydrogens is 286 g/mol. The van der Waals surface area contributed by atoms with E-state index in [1.54, 1.807) is 0 Å². The molecule has 3 heterocycles. The van der Waals surface area contributed by atoms with E-state index < -0.39 is 0 Å². The van der Waals surface area contributed by atoms with Gasteiger partial charge in [-0.3, -0.25) is 4.98 Å². The maximum absolute atomic E-state index is 10.9. The summed E-state index contributed by atoms with van der Waals surface area (Å²) in [5.41, 5.74) is 1.96. The third kappa shape index (κ3) is 1.76. The fourth-order valence-electron chi connectivity index (χ4n) is 6.89. The third-order valence-corrected chi connectivity index (χ3v) is 7.54. The van der Waals surface area contributed by atoms with E-state index in [2.05, 4.69) is 32.0 Å². The smallest absolute Gasteiger partial charge is 0.0801 e. The molecule has 4 bridgehead atoms. The summed E-state index contributed by atoms with van der Waals surface area (Å²) >= 11 is 0. The zero-order valence-electron chi connectivity index (χ0n) is 14.2. The number of ether oxygens (including phenoxy) is 1. The number of hydrogen-bond donors (Lipinski definition) is 1. The van der Waals surface area contributed by atoms with Crippen LogP contribution in [0, 0.1) is 24.7 Å². The normalized spacial score (nSPS) is 50.8. The van der Waals surface area contributed by atoms with E-state index in [0.717, 1.165) is 25.0 Å². The van der Waals surface area contributed by atoms with Crippen molar-refractivity contribution in [2.24, 2.45) is 17.8 Å². The SMILES string of the molecule is Cc1cccc(C2C[C@@H]3C4CCCCC45CC(O)C3C2(C)O5)n1. The third-order valence-electron chi connectivity index (χ3n) is 7.54. The largest absolute Gasteiger partial charge is 0.393 e. The quantitative estimate of drug-likeness (QED) is 0.861. The summed E-state index contributed by atoms with van der Waals surface area (Å²) < 4.78 is 6.93. The van der Waals surface area contributed by atoms with E-state index in [-0.39, 0.29) is 17.3 Å². The van der Waals surface area contributed by atoms with E-state index in [1.807, 2.05) is 0 Å². The second-order valence-corrected chi connectivity index (χ2v) is 8.66. The van der Waals surface area contributed by atoms with E-state index in [9.17, 15) is 5.11 Å². The lowest BCUT2D eigenvalue weighted by Crippen LogP contribution is -2.68. The van der Waals surface area contributed by atoms with Crippen molar-refractivity contribution in [3.63, 3.8) is 0 Å². The average molecular weight is 313 g/mol. The van der Waals surface area contributed by atoms with Crippen molar-refractivity contribution in [3.8, 4) is 0 Å². The zero-order valence-corrected chi connectivity index (χ0v) is 14.2. The molecule has 0 amide bonds. The van der Waals surface area contributed by atoms with Crippen LogP contribution < -0.4 is 0 Å². The molecule has 124 valence electrons. The van der Waals surface area contributed by atoms with Gasteiger partial charge in [-0.25, -0.2) is 0 Å². The number of aromatic nitrogens is 1. The van der Waals surface area contributed by atoms with Gasteiger partial charge in [-0.1, -0.05) is 18.9 Å². The van der Waals surface area contributed by atoms with Crippen molar-refractivity contribution in [2.45, 2.75) is 75.6 Å². The van der Waals surface area contributed by atoms with Crippen LogP contribution in [0.3, 0.4) is 0 Å². The molecule has 2 saturated heterocycles. The van der Waals surface area contributed by atoms with E-state index in [0.29, 0.717) is 23.7 Å². The Balaban J connectivity index is 1.61. The van der Waals surface area contributed by atoms with Crippen LogP contribution in [0.2, 0.25) is 0 Å². The molecule has 2 aliphatic heterocycles. The molecule has 3 aliphatic carbocycles. The Kier molecular flexibility index (Phi) is 2.87. The van der Waals surface area contributed by atoms with Crippen LogP contribution in [0.5, 0.6) is 0 Å². The molecule has 5 aliphatic rings. The van der Waals surface area contributed by atoms with Crippen molar-refractivity contribution in [3.05, 3.63) is 29.6 Å². The van der Waals surface area contributed by atoms with Gasteiger partial charge in [0.1, 0.15) is 0 Å². The predicted octanol–water partition coefficient (Wildman–Crippen LogP) is 3.59. The second kappa shape index (κ2) is 4.58. The fraction of sp³-hybridized carbons (Fsp3) is 0.750. The summed E-state index contributed by atoms with van der Waals surface area (Å²) in [6.07, 6.45) is 6.83. The lowest BCUT2D eigenvalue weighted by Gasteiger charge is -2.63. The molecule has 6 unspecified atom stereocenters. The van der Waals surface area contributed by atoms with Gasteiger partial charge < -0.3 is 9.84 Å². The molecule has 1 aromatic heterocycles. The number of fused-ring (bicyclic) bond motifs is 1. The Labute approximate surface area is 138 Å². The van der Waals surface area contributed by atoms with Crippen molar-refractivity contribution in [2.75, 3.05) is 0 Å². The minimum atomic E-state index is -0.239. The summed E-state index contributed by atoms with van der Waals surface area (Å²) in [7, 11) is 0. The van der Waals surface area contributed by atoms with Gasteiger partial charge >= 0.3 is 0 Å². The molecule has 3 heteroatoms. The van der Waals surface area contributed by atoms with Gasteiger partial charge in [0.15, 0.2) is 0 Å². The van der Waals surface area contributed by atoms with E-state index in [1.165, 1.54) is 25.0 Å². The number of nitrogens with zero attached hydrogens (tertiary/aromatic N) is 1. The molecule has 5 fully saturated rings. The van der Waals surface area contributed by atoms with Gasteiger partial charge in [-0.05, 0) is 57.1 Å². The van der Waals surface area contributed by atoms with Crippen molar-refractivity contribution < 1.29 is 9.84 Å². The molecule has 6 rings (SSSR count). The highest BCUT2D eigenvalue weighted by Crippen LogP contribution is 2.69. The lowest BCUT2D eigenvalue weighted by molar-refractivity contribution is -0.311. The zero-order chi connectivity index (χ0) is 15.8. The van der Waals surface area contributed by atoms with Crippen molar-refractivity contribution >= 4 is 0 Å². The number of aliphatic hydroxyl groups is 1. The number of hydrogen-bond acceptors (Lipinski definition) is 3. The summed E-state index contributed by atoms with van der Waals surface area (Å²) in [6.45, 7) is 4.33. The Bertz CT molecular complexity index is 646. The Morgan fingerprint density at radius 1 is 1.30 bits per heavy atom. The molecule has 3 nitrogen and oxygen atoms in total. The van der Waals surface area contributed by atoms with Gasteiger partial charge in [0.25, 0.3) is 0 Å². The van der Waals surface area contributed by atoms with E-state index >= 15 is 0 Å². The van der Waals surface area contributed by atoms with Gasteiger partial charge in [0.2, 0.25) is 0 Å². The number of aryl methyl sites for hydroxylation is 1. The van der Waals surface area contributed by atoms with Crippen LogP contribution in [-0.4, -0.2) is 27.4 Å². The number of pyridine rings is 1. The van der Waals surface area contributed by atoms with E-state index in [4.69, 9.17) is 9.72 Å². The van der Waals surface area contributed by atoms with Gasteiger partial charge in [-0.2, -0.15) is 0 Å². The van der Waals surface area contributed by atoms with Crippen LogP contribution in [0.25, 0.3) is 0 Å². The van der Waals surface area contributed by atoms with Gasteiger partial charge in [0, 0.05) is 29.6 Å². The summed E-state index contributed by atoms with van der Waals surface area (Å²) in [5, 5.41) is 10.9. The summed E-state index contributed by atoms with van der Waals surface area (Å²) in [6, 6.07) is 6.34. The summed E-state index contributed by atoms with van der Waals surface area (Å²) in [4.78, 5) is 4.82. The molecular formula is C20H27NO2. The Morgan fingerprint density at radius 2 is 2.17 bits per heavy atom. The first-order valence-electron chi connectivity index (χ1n) is 9.35. The minimum absolute atomic E-state index is 0.0512. The highest BCUT2D eigenvalue weighted by molar-refractivity contribution is 5.28. The molecule has 0 aromatic carbocycles. The van der Waals surface area contributed by atoms with Crippen LogP contribution in [-0.2, 0) is 4.74 Å². The Morgan fingerprint density at radius 3 is 3.00 bits per heavy atom. The molecule has 3 saturated carbocycles. The first kappa shape index (κ1) is 14.4. The molecule has 1 N–H and O–H groups in total. The average Bonchev–Trinajstić information content (AvgIpc) is 2.76. The van der Waals surface area contributed by atoms with Gasteiger partial charge in [0.05, 0.1) is 17.3 Å². The van der Waals surface area contributed by atoms with Crippen LogP contribution in [0.4, 0.5) is 0 Å². The van der Waals surface area contributed by atoms with Crippen LogP contribution in [0.15, 0.2) is 18.2 Å². The lowest BCUT2D eigenvalue weighted by atomic mass is 9.54. The molecule has 1 aromatic rings. The van der Waals surface area contributed by atoms with Gasteiger partial charge in [-0.15, -0.1) is 0 Å². The fourth-order valence-corrected chi connectivity index (χ4v) is 6.89. The molecule has 23 heavy (non-hydrogen) atoms. The second-order valence-electron chi connectivity index (χ2n) is 8.66. The Hall–Kier alpha value is -0.930. The highest BCUT2D eigenvalue weighted by atomic mass is 16.5. The maximum Gasteiger partial charge on any atom is 0.0801 e. The topological polar surface area (TPSA) is 42.4 Å². The first-order valence-corrected chi connectivity index (χ1v) is 9.35. The molecule has 7 atom stereocenters. The first-order chi connectivity index (χ1) is 11.0. The van der Waals surface area contributed by atoms with Crippen molar-refractivity contribution in [1.82, 2.24) is 4.98 Å². The molecule has 0 radical (unpaired) electrons. The van der Waals surface area contributed by atoms with Crippen LogP contribution >= 0.6 is 0 Å². The van der Waals surface area contributed by atoms with Crippen LogP contribution in [0.1, 0.15) is 62.8 Å². The summed E-state index contributed by atoms with van der Waals surface area (Å²) in [5.74, 6) is 1.90. The highest BCUT2D eigenvalue weighted by Gasteiger charge is 2.71. The maximum atomic E-state index is 10.9. The minimum Gasteiger partial charge on any atom is -0.393 e. The van der Waals surface area contributed by atoms with Crippen molar-refractivity contribution in [1.29, 1.82) is 0 Å². The number of aliphatic hydroxyl groups excluding tert-OH is 1. The standard InChI is InChI=1S/C20H27NO2/c1-12-6-5-8-16(21-12)15-10-13-14-7-3-4-9-20(14)11-17(22)18(13)19(15,2)23-20/h5-6,8,13-15,17-18,22H,3-4,7,9-11H2,1-2H3/t13-,14?,15?,17?,18?,19?,20?/m1/s1. The molecule has 1 spiro atoms. The monoisotopic (exact) mass is 313 g/mol. The number of rotatable bonds is 1.